The lowest BCUT2D eigenvalue weighted by molar-refractivity contribution is 0.462. The first kappa shape index (κ1) is 12.7. The number of halogens is 2. The van der Waals surface area contributed by atoms with E-state index in [9.17, 15) is 5.11 Å². The predicted molar refractivity (Wildman–Crippen MR) is 59.0 cm³/mol. The van der Waals surface area contributed by atoms with Crippen molar-refractivity contribution in [3.8, 4) is 5.75 Å². The average molecular weight is 268 g/mol. The molecule has 0 spiro atoms. The number of phenols is 1. The molecule has 13 heavy (non-hydrogen) atoms. The van der Waals surface area contributed by atoms with Crippen LogP contribution in [0.4, 0.5) is 0 Å². The third-order valence-corrected chi connectivity index (χ3v) is 2.14. The summed E-state index contributed by atoms with van der Waals surface area (Å²) in [7, 11) is 0. The minimum atomic E-state index is -0.303. The Kier molecular flexibility index (Phi) is 5.32. The Balaban J connectivity index is 0.00000144. The summed E-state index contributed by atoms with van der Waals surface area (Å²) in [5.74, 6) is 0.191. The first-order chi connectivity index (χ1) is 5.65. The molecule has 1 aromatic carbocycles. The van der Waals surface area contributed by atoms with Gasteiger partial charge in [0.2, 0.25) is 0 Å². The second-order valence-corrected chi connectivity index (χ2v) is 3.46. The summed E-state index contributed by atoms with van der Waals surface area (Å²) in [5.41, 5.74) is 11.7. The van der Waals surface area contributed by atoms with Gasteiger partial charge in [-0.15, -0.1) is 12.4 Å². The number of benzene rings is 1. The van der Waals surface area contributed by atoms with E-state index in [4.69, 9.17) is 11.5 Å². The largest absolute Gasteiger partial charge is 0.508 e. The lowest BCUT2D eigenvalue weighted by Gasteiger charge is -2.10. The Hall–Kier alpha value is -0.290. The highest BCUT2D eigenvalue weighted by molar-refractivity contribution is 9.10. The summed E-state index contributed by atoms with van der Waals surface area (Å²) >= 11 is 3.29. The van der Waals surface area contributed by atoms with Gasteiger partial charge < -0.3 is 16.6 Å². The van der Waals surface area contributed by atoms with Gasteiger partial charge in [0.1, 0.15) is 5.75 Å². The number of hydrogen-bond donors (Lipinski definition) is 3. The highest BCUT2D eigenvalue weighted by Crippen LogP contribution is 2.25. The van der Waals surface area contributed by atoms with Gasteiger partial charge in [0.05, 0.1) is 0 Å². The molecule has 0 bridgehead atoms. The van der Waals surface area contributed by atoms with Crippen molar-refractivity contribution in [2.45, 2.75) is 6.04 Å². The van der Waals surface area contributed by atoms with E-state index >= 15 is 0 Å². The average Bonchev–Trinajstić information content (AvgIpc) is 2.08. The molecule has 3 nitrogen and oxygen atoms in total. The van der Waals surface area contributed by atoms with E-state index in [1.54, 1.807) is 18.2 Å². The monoisotopic (exact) mass is 266 g/mol. The quantitative estimate of drug-likeness (QED) is 0.761. The molecule has 5 heteroatoms. The Morgan fingerprint density at radius 2 is 2.08 bits per heavy atom. The smallest absolute Gasteiger partial charge is 0.120 e. The van der Waals surface area contributed by atoms with Crippen molar-refractivity contribution < 1.29 is 5.11 Å². The fourth-order valence-corrected chi connectivity index (χ4v) is 1.33. The summed E-state index contributed by atoms with van der Waals surface area (Å²) < 4.78 is 0.888. The first-order valence-electron chi connectivity index (χ1n) is 3.59. The summed E-state index contributed by atoms with van der Waals surface area (Å²) in [4.78, 5) is 0. The molecule has 0 amide bonds. The molecule has 1 aromatic rings. The van der Waals surface area contributed by atoms with Gasteiger partial charge in [0, 0.05) is 22.6 Å². The van der Waals surface area contributed by atoms with Gasteiger partial charge in [-0.3, -0.25) is 0 Å². The molecule has 0 aliphatic rings. The summed E-state index contributed by atoms with van der Waals surface area (Å²) in [6.07, 6.45) is 0. The van der Waals surface area contributed by atoms with Crippen molar-refractivity contribution >= 4 is 28.3 Å². The zero-order valence-corrected chi connectivity index (χ0v) is 9.31. The van der Waals surface area contributed by atoms with Crippen LogP contribution in [0.5, 0.6) is 5.75 Å². The van der Waals surface area contributed by atoms with E-state index in [-0.39, 0.29) is 24.2 Å². The molecular formula is C8H12BrClN2O. The van der Waals surface area contributed by atoms with Gasteiger partial charge in [0.25, 0.3) is 0 Å². The van der Waals surface area contributed by atoms with Crippen molar-refractivity contribution in [3.05, 3.63) is 28.2 Å². The third-order valence-electron chi connectivity index (χ3n) is 1.64. The Morgan fingerprint density at radius 3 is 2.62 bits per heavy atom. The molecule has 1 atom stereocenters. The second kappa shape index (κ2) is 5.44. The summed E-state index contributed by atoms with van der Waals surface area (Å²) in [6, 6.07) is 4.81. The van der Waals surface area contributed by atoms with Crippen molar-refractivity contribution in [2.24, 2.45) is 11.5 Å². The molecule has 0 fully saturated rings. The van der Waals surface area contributed by atoms with Crippen LogP contribution in [0.15, 0.2) is 22.7 Å². The topological polar surface area (TPSA) is 72.3 Å². The Morgan fingerprint density at radius 1 is 1.46 bits per heavy atom. The van der Waals surface area contributed by atoms with Gasteiger partial charge in [-0.1, -0.05) is 15.9 Å². The predicted octanol–water partition coefficient (Wildman–Crippen LogP) is 1.53. The van der Waals surface area contributed by atoms with E-state index < -0.39 is 0 Å². The van der Waals surface area contributed by atoms with Crippen molar-refractivity contribution in [3.63, 3.8) is 0 Å². The highest BCUT2D eigenvalue weighted by Gasteiger charge is 2.08. The minimum Gasteiger partial charge on any atom is -0.508 e. The van der Waals surface area contributed by atoms with Crippen LogP contribution in [0.1, 0.15) is 11.6 Å². The highest BCUT2D eigenvalue weighted by atomic mass is 79.9. The van der Waals surface area contributed by atoms with Crippen LogP contribution in [0.2, 0.25) is 0 Å². The molecule has 0 radical (unpaired) electrons. The van der Waals surface area contributed by atoms with E-state index in [0.717, 1.165) is 4.47 Å². The van der Waals surface area contributed by atoms with Gasteiger partial charge in [-0.05, 0) is 18.2 Å². The van der Waals surface area contributed by atoms with Gasteiger partial charge in [-0.25, -0.2) is 0 Å². The molecule has 0 unspecified atom stereocenters. The van der Waals surface area contributed by atoms with Crippen LogP contribution in [0.3, 0.4) is 0 Å². The maximum absolute atomic E-state index is 9.38. The molecule has 0 aromatic heterocycles. The second-order valence-electron chi connectivity index (χ2n) is 2.55. The molecule has 1 rings (SSSR count). The standard InChI is InChI=1S/C8H11BrN2O.ClH/c9-5-1-2-8(12)6(3-5)7(11)4-10;/h1-3,7,12H,4,10-11H2;1H/t7-;/m0./s1. The van der Waals surface area contributed by atoms with Crippen LogP contribution < -0.4 is 11.5 Å². The lowest BCUT2D eigenvalue weighted by Crippen LogP contribution is -2.20. The van der Waals surface area contributed by atoms with Gasteiger partial charge in [0.15, 0.2) is 0 Å². The fraction of sp³-hybridized carbons (Fsp3) is 0.250. The summed E-state index contributed by atoms with van der Waals surface area (Å²) in [5, 5.41) is 9.38. The van der Waals surface area contributed by atoms with Crippen LogP contribution in [-0.4, -0.2) is 11.7 Å². The maximum atomic E-state index is 9.38. The zero-order chi connectivity index (χ0) is 9.14. The minimum absolute atomic E-state index is 0. The van der Waals surface area contributed by atoms with E-state index in [1.807, 2.05) is 0 Å². The molecular weight excluding hydrogens is 255 g/mol. The molecule has 0 aliphatic carbocycles. The van der Waals surface area contributed by atoms with Crippen molar-refractivity contribution in [2.75, 3.05) is 6.54 Å². The van der Waals surface area contributed by atoms with Crippen LogP contribution in [0, 0.1) is 0 Å². The van der Waals surface area contributed by atoms with Crippen molar-refractivity contribution in [1.29, 1.82) is 0 Å². The van der Waals surface area contributed by atoms with E-state index in [2.05, 4.69) is 15.9 Å². The molecule has 0 saturated carbocycles. The first-order valence-corrected chi connectivity index (χ1v) is 4.38. The zero-order valence-electron chi connectivity index (χ0n) is 6.90. The number of nitrogens with two attached hydrogens (primary N) is 2. The Labute approximate surface area is 91.7 Å². The van der Waals surface area contributed by atoms with Gasteiger partial charge in [-0.2, -0.15) is 0 Å². The molecule has 5 N–H and O–H groups in total. The lowest BCUT2D eigenvalue weighted by atomic mass is 10.1. The SMILES string of the molecule is Cl.NC[C@H](N)c1cc(Br)ccc1O. The van der Waals surface area contributed by atoms with Crippen molar-refractivity contribution in [1.82, 2.24) is 0 Å². The summed E-state index contributed by atoms with van der Waals surface area (Å²) in [6.45, 7) is 0.323. The fourth-order valence-electron chi connectivity index (χ4n) is 0.949. The van der Waals surface area contributed by atoms with Crippen LogP contribution in [-0.2, 0) is 0 Å². The number of aromatic hydroxyl groups is 1. The van der Waals surface area contributed by atoms with E-state index in [1.165, 1.54) is 0 Å². The molecule has 0 saturated heterocycles. The normalized spacial score (nSPS) is 11.9. The molecule has 0 aliphatic heterocycles. The van der Waals surface area contributed by atoms with E-state index in [0.29, 0.717) is 12.1 Å². The van der Waals surface area contributed by atoms with Crippen LogP contribution >= 0.6 is 28.3 Å². The number of phenolic OH excluding ortho intramolecular Hbond substituents is 1. The molecule has 0 heterocycles. The molecule has 74 valence electrons. The third kappa shape index (κ3) is 3.15. The Bertz CT molecular complexity index is 283. The maximum Gasteiger partial charge on any atom is 0.120 e. The number of hydrogen-bond acceptors (Lipinski definition) is 3. The van der Waals surface area contributed by atoms with Gasteiger partial charge >= 0.3 is 0 Å². The number of rotatable bonds is 2. The van der Waals surface area contributed by atoms with Crippen LogP contribution in [0.25, 0.3) is 0 Å².